The van der Waals surface area contributed by atoms with Gasteiger partial charge in [-0.05, 0) is 46.2 Å². The van der Waals surface area contributed by atoms with Gasteiger partial charge in [-0.1, -0.05) is 132 Å². The topological polar surface area (TPSA) is 27.7 Å². The van der Waals surface area contributed by atoms with E-state index in [4.69, 9.17) is 13.9 Å². The van der Waals surface area contributed by atoms with Gasteiger partial charge in [0.1, 0.15) is 0 Å². The van der Waals surface area contributed by atoms with Gasteiger partial charge in [0.2, 0.25) is 0 Å². The molecule has 0 spiro atoms. The Bertz CT molecular complexity index is 994. The van der Waals surface area contributed by atoms with E-state index < -0.39 is 8.32 Å². The van der Waals surface area contributed by atoms with Crippen molar-refractivity contribution in [3.05, 3.63) is 96.6 Å². The van der Waals surface area contributed by atoms with Crippen LogP contribution in [0, 0.1) is 5.92 Å². The van der Waals surface area contributed by atoms with Crippen molar-refractivity contribution in [2.45, 2.75) is 84.2 Å². The molecule has 206 valence electrons. The highest BCUT2D eigenvalue weighted by Crippen LogP contribution is 2.37. The second-order valence-corrected chi connectivity index (χ2v) is 15.9. The van der Waals surface area contributed by atoms with Crippen molar-refractivity contribution in [3.63, 3.8) is 0 Å². The van der Waals surface area contributed by atoms with Crippen molar-refractivity contribution in [1.82, 2.24) is 0 Å². The van der Waals surface area contributed by atoms with Crippen LogP contribution in [-0.4, -0.2) is 34.2 Å². The predicted molar refractivity (Wildman–Crippen MR) is 163 cm³/mol. The largest absolute Gasteiger partial charge is 0.407 e. The Balaban J connectivity index is 1.71. The second-order valence-electron chi connectivity index (χ2n) is 11.6. The Labute approximate surface area is 232 Å². The van der Waals surface area contributed by atoms with Gasteiger partial charge in [-0.15, -0.1) is 0 Å². The average Bonchev–Trinajstić information content (AvgIpc) is 2.92. The standard InChI is InChI=1S/C34H48O3Si/c1-7-17-30(36-27-29-18-11-8-12-19-29)25-31(35-6)24-28(2)26-37-38(34(3,4)5,32-20-13-9-14-21-32)33-22-15-10-16-23-33/h8-16,18-23,28,30-31H,7,17,24-27H2,1-6H3/t28-,30-,31-/m0/s1. The van der Waals surface area contributed by atoms with Gasteiger partial charge in [0.15, 0.2) is 0 Å². The first kappa shape index (κ1) is 30.3. The molecule has 3 atom stereocenters. The van der Waals surface area contributed by atoms with Gasteiger partial charge < -0.3 is 13.9 Å². The third-order valence-electron chi connectivity index (χ3n) is 7.46. The molecule has 0 heterocycles. The van der Waals surface area contributed by atoms with Crippen LogP contribution < -0.4 is 10.4 Å². The van der Waals surface area contributed by atoms with Crippen LogP contribution in [0.1, 0.15) is 65.9 Å². The Morgan fingerprint density at radius 1 is 0.737 bits per heavy atom. The zero-order valence-corrected chi connectivity index (χ0v) is 25.4. The number of methoxy groups -OCH3 is 1. The molecule has 0 aliphatic carbocycles. The zero-order valence-electron chi connectivity index (χ0n) is 24.4. The fraction of sp³-hybridized carbons (Fsp3) is 0.471. The molecule has 0 aromatic heterocycles. The van der Waals surface area contributed by atoms with Crippen LogP contribution in [0.4, 0.5) is 0 Å². The molecule has 3 rings (SSSR count). The van der Waals surface area contributed by atoms with Gasteiger partial charge in [-0.2, -0.15) is 0 Å². The van der Waals surface area contributed by atoms with Crippen LogP contribution in [0.3, 0.4) is 0 Å². The van der Waals surface area contributed by atoms with E-state index in [0.717, 1.165) is 25.7 Å². The smallest absolute Gasteiger partial charge is 0.261 e. The van der Waals surface area contributed by atoms with Gasteiger partial charge in [0.25, 0.3) is 8.32 Å². The van der Waals surface area contributed by atoms with E-state index in [0.29, 0.717) is 19.1 Å². The molecule has 3 aromatic carbocycles. The summed E-state index contributed by atoms with van der Waals surface area (Å²) in [6, 6.07) is 32.2. The van der Waals surface area contributed by atoms with Crippen LogP contribution in [0.15, 0.2) is 91.0 Å². The lowest BCUT2D eigenvalue weighted by Gasteiger charge is -2.43. The Morgan fingerprint density at radius 2 is 1.26 bits per heavy atom. The molecule has 3 aromatic rings. The monoisotopic (exact) mass is 532 g/mol. The van der Waals surface area contributed by atoms with E-state index in [1.165, 1.54) is 15.9 Å². The molecule has 38 heavy (non-hydrogen) atoms. The highest BCUT2D eigenvalue weighted by atomic mass is 28.4. The van der Waals surface area contributed by atoms with Crippen LogP contribution in [0.25, 0.3) is 0 Å². The van der Waals surface area contributed by atoms with E-state index in [-0.39, 0.29) is 17.2 Å². The van der Waals surface area contributed by atoms with Crippen LogP contribution in [-0.2, 0) is 20.5 Å². The molecule has 0 aliphatic rings. The highest BCUT2D eigenvalue weighted by molar-refractivity contribution is 6.99. The Morgan fingerprint density at radius 3 is 1.74 bits per heavy atom. The molecule has 0 bridgehead atoms. The fourth-order valence-electron chi connectivity index (χ4n) is 5.51. The molecule has 0 N–H and O–H groups in total. The van der Waals surface area contributed by atoms with E-state index in [1.54, 1.807) is 0 Å². The molecule has 0 saturated heterocycles. The first-order chi connectivity index (χ1) is 18.3. The first-order valence-corrected chi connectivity index (χ1v) is 16.1. The number of hydrogen-bond acceptors (Lipinski definition) is 3. The first-order valence-electron chi connectivity index (χ1n) is 14.2. The SMILES string of the molecule is CCC[C@@H](C[C@H](C[C@H](C)CO[Si](c1ccccc1)(c1ccccc1)C(C)(C)C)OC)OCc1ccccc1. The molecule has 4 heteroatoms. The van der Waals surface area contributed by atoms with E-state index in [9.17, 15) is 0 Å². The molecule has 0 fully saturated rings. The van der Waals surface area contributed by atoms with Gasteiger partial charge >= 0.3 is 0 Å². The van der Waals surface area contributed by atoms with Crippen LogP contribution in [0.2, 0.25) is 5.04 Å². The van der Waals surface area contributed by atoms with Crippen molar-refractivity contribution in [2.24, 2.45) is 5.92 Å². The summed E-state index contributed by atoms with van der Waals surface area (Å²) in [6.07, 6.45) is 4.32. The molecule has 0 saturated carbocycles. The molecule has 3 nitrogen and oxygen atoms in total. The molecular weight excluding hydrogens is 484 g/mol. The minimum atomic E-state index is -2.53. The molecule has 0 radical (unpaired) electrons. The molecule has 0 amide bonds. The Hall–Kier alpha value is -2.24. The second kappa shape index (κ2) is 14.8. The number of ether oxygens (including phenoxy) is 2. The summed E-state index contributed by atoms with van der Waals surface area (Å²) >= 11 is 0. The summed E-state index contributed by atoms with van der Waals surface area (Å²) in [7, 11) is -0.700. The molecule has 0 aliphatic heterocycles. The summed E-state index contributed by atoms with van der Waals surface area (Å²) in [5.74, 6) is 0.359. The number of rotatable bonds is 15. The summed E-state index contributed by atoms with van der Waals surface area (Å²) in [4.78, 5) is 0. The van der Waals surface area contributed by atoms with E-state index in [1.807, 2.05) is 13.2 Å². The number of hydrogen-bond donors (Lipinski definition) is 0. The quantitative estimate of drug-likeness (QED) is 0.191. The maximum atomic E-state index is 7.18. The van der Waals surface area contributed by atoms with Crippen molar-refractivity contribution in [1.29, 1.82) is 0 Å². The van der Waals surface area contributed by atoms with Gasteiger partial charge in [0.05, 0.1) is 18.8 Å². The summed E-state index contributed by atoms with van der Waals surface area (Å²) in [5.41, 5.74) is 1.22. The summed E-state index contributed by atoms with van der Waals surface area (Å²) < 4.78 is 19.5. The highest BCUT2D eigenvalue weighted by Gasteiger charge is 2.50. The van der Waals surface area contributed by atoms with Gasteiger partial charge in [-0.25, -0.2) is 0 Å². The summed E-state index contributed by atoms with van der Waals surface area (Å²) in [6.45, 7) is 12.9. The minimum Gasteiger partial charge on any atom is -0.407 e. The van der Waals surface area contributed by atoms with Crippen molar-refractivity contribution >= 4 is 18.7 Å². The van der Waals surface area contributed by atoms with Crippen LogP contribution in [0.5, 0.6) is 0 Å². The van der Waals surface area contributed by atoms with Crippen LogP contribution >= 0.6 is 0 Å². The zero-order chi connectivity index (χ0) is 27.4. The normalized spacial score (nSPS) is 14.7. The van der Waals surface area contributed by atoms with E-state index in [2.05, 4.69) is 120 Å². The molecule has 0 unspecified atom stereocenters. The third-order valence-corrected chi connectivity index (χ3v) is 12.5. The van der Waals surface area contributed by atoms with Crippen molar-refractivity contribution < 1.29 is 13.9 Å². The lowest BCUT2D eigenvalue weighted by molar-refractivity contribution is -0.0209. The van der Waals surface area contributed by atoms with Crippen molar-refractivity contribution in [3.8, 4) is 0 Å². The average molecular weight is 533 g/mol. The van der Waals surface area contributed by atoms with E-state index >= 15 is 0 Å². The third kappa shape index (κ3) is 8.13. The lowest BCUT2D eigenvalue weighted by Crippen LogP contribution is -2.66. The minimum absolute atomic E-state index is 0.0203. The number of benzene rings is 3. The maximum Gasteiger partial charge on any atom is 0.261 e. The van der Waals surface area contributed by atoms with Gasteiger partial charge in [0, 0.05) is 13.7 Å². The van der Waals surface area contributed by atoms with Gasteiger partial charge in [-0.3, -0.25) is 0 Å². The predicted octanol–water partition coefficient (Wildman–Crippen LogP) is 7.38. The Kier molecular flexibility index (Phi) is 11.8. The lowest BCUT2D eigenvalue weighted by atomic mass is 9.98. The fourth-order valence-corrected chi connectivity index (χ4v) is 10.2. The molecular formula is C34H48O3Si. The summed E-state index contributed by atoms with van der Waals surface area (Å²) in [5, 5.41) is 2.63. The van der Waals surface area contributed by atoms with Crippen molar-refractivity contribution in [2.75, 3.05) is 13.7 Å². The maximum absolute atomic E-state index is 7.18.